The van der Waals surface area contributed by atoms with Crippen LogP contribution >= 0.6 is 0 Å². The summed E-state index contributed by atoms with van der Waals surface area (Å²) in [5.74, 6) is -4.77. The van der Waals surface area contributed by atoms with Gasteiger partial charge in [-0.1, -0.05) is 59.8 Å². The number of esters is 1. The number of hydrogen-bond donors (Lipinski definition) is 4. The van der Waals surface area contributed by atoms with E-state index in [1.54, 1.807) is 13.8 Å². The van der Waals surface area contributed by atoms with Crippen molar-refractivity contribution in [2.75, 3.05) is 11.1 Å². The molecule has 1 aromatic heterocycles. The van der Waals surface area contributed by atoms with Crippen LogP contribution in [0.5, 0.6) is 0 Å². The number of anilines is 2. The number of nitrogens with two attached hydrogens (primary N) is 2. The molecule has 0 aliphatic rings. The van der Waals surface area contributed by atoms with Crippen LogP contribution < -0.4 is 27.7 Å². The van der Waals surface area contributed by atoms with E-state index < -0.39 is 70.4 Å². The fourth-order valence-electron chi connectivity index (χ4n) is 4.51. The highest BCUT2D eigenvalue weighted by Gasteiger charge is 2.44. The standard InChI is InChI=1S/C33H31F6N7O5/c1-18(2)44-27-29(48)46(25(16-42-27)22-12-23(32(34,35)36)14-24(40)13-22)30(51-31(49)33(37,38)39)28(47)43-15-19-8-10-21(11-9-19)26(41)45-50-17-20-6-4-3-5-7-20/h3-14,16,18,30H,15,17,40H2,1-2H3,(H2,41,45)(H,42,44)(H,43,47). The van der Waals surface area contributed by atoms with Gasteiger partial charge in [0, 0.05) is 29.4 Å². The average Bonchev–Trinajstić information content (AvgIpc) is 3.06. The lowest BCUT2D eigenvalue weighted by Crippen LogP contribution is -2.43. The Morgan fingerprint density at radius 1 is 0.961 bits per heavy atom. The van der Waals surface area contributed by atoms with Gasteiger partial charge < -0.3 is 31.7 Å². The normalized spacial score (nSPS) is 12.7. The number of nitrogen functional groups attached to an aromatic ring is 1. The molecular formula is C33H31F6N7O5. The number of ether oxygens (including phenoxy) is 1. The number of carbonyl (C=O) groups excluding carboxylic acids is 2. The number of nitrogens with zero attached hydrogens (tertiary/aromatic N) is 3. The predicted molar refractivity (Wildman–Crippen MR) is 174 cm³/mol. The molecule has 1 atom stereocenters. The minimum absolute atomic E-state index is 0.0197. The van der Waals surface area contributed by atoms with Gasteiger partial charge in [-0.25, -0.2) is 9.78 Å². The zero-order valence-electron chi connectivity index (χ0n) is 26.9. The maximum atomic E-state index is 13.7. The van der Waals surface area contributed by atoms with E-state index in [-0.39, 0.29) is 19.0 Å². The minimum atomic E-state index is -5.63. The van der Waals surface area contributed by atoms with Crippen molar-refractivity contribution >= 4 is 29.2 Å². The predicted octanol–water partition coefficient (Wildman–Crippen LogP) is 5.09. The molecule has 0 spiro atoms. The molecule has 4 aromatic rings. The quantitative estimate of drug-likeness (QED) is 0.0388. The van der Waals surface area contributed by atoms with Crippen molar-refractivity contribution in [1.29, 1.82) is 0 Å². The van der Waals surface area contributed by atoms with Gasteiger partial charge >= 0.3 is 18.3 Å². The fourth-order valence-corrected chi connectivity index (χ4v) is 4.51. The van der Waals surface area contributed by atoms with E-state index in [2.05, 4.69) is 25.5 Å². The molecule has 0 bridgehead atoms. The maximum Gasteiger partial charge on any atom is 0.491 e. The van der Waals surface area contributed by atoms with Gasteiger partial charge in [-0.05, 0) is 43.2 Å². The molecule has 6 N–H and O–H groups in total. The number of rotatable bonds is 12. The molecule has 4 rings (SSSR count). The van der Waals surface area contributed by atoms with Crippen LogP contribution in [0, 0.1) is 0 Å². The van der Waals surface area contributed by atoms with Gasteiger partial charge in [0.2, 0.25) is 0 Å². The molecule has 1 unspecified atom stereocenters. The summed E-state index contributed by atoms with van der Waals surface area (Å²) in [6, 6.07) is 16.8. The molecular weight excluding hydrogens is 688 g/mol. The van der Waals surface area contributed by atoms with Crippen LogP contribution in [0.15, 0.2) is 88.9 Å². The van der Waals surface area contributed by atoms with Crippen LogP contribution in [-0.4, -0.2) is 39.5 Å². The van der Waals surface area contributed by atoms with Gasteiger partial charge in [0.25, 0.3) is 17.7 Å². The van der Waals surface area contributed by atoms with Crippen LogP contribution in [0.3, 0.4) is 0 Å². The molecule has 1 heterocycles. The smallest absolute Gasteiger partial charge is 0.425 e. The molecule has 0 fully saturated rings. The fraction of sp³-hybridized carbons (Fsp3) is 0.242. The summed E-state index contributed by atoms with van der Waals surface area (Å²) in [6.45, 7) is 2.96. The average molecular weight is 720 g/mol. The molecule has 270 valence electrons. The molecule has 3 aromatic carbocycles. The van der Waals surface area contributed by atoms with E-state index in [4.69, 9.17) is 16.3 Å². The Hall–Kier alpha value is -6.07. The highest BCUT2D eigenvalue weighted by Crippen LogP contribution is 2.35. The third-order valence-corrected chi connectivity index (χ3v) is 6.86. The van der Waals surface area contributed by atoms with Crippen molar-refractivity contribution in [1.82, 2.24) is 14.9 Å². The number of carbonyl (C=O) groups is 2. The number of benzene rings is 3. The second kappa shape index (κ2) is 15.6. The summed E-state index contributed by atoms with van der Waals surface area (Å²) < 4.78 is 86.1. The van der Waals surface area contributed by atoms with Crippen molar-refractivity contribution in [3.8, 4) is 11.3 Å². The Kier molecular flexibility index (Phi) is 11.6. The Morgan fingerprint density at radius 3 is 2.24 bits per heavy atom. The van der Waals surface area contributed by atoms with Gasteiger partial charge in [-0.15, -0.1) is 0 Å². The van der Waals surface area contributed by atoms with Crippen LogP contribution in [-0.2, 0) is 38.5 Å². The Balaban J connectivity index is 1.68. The first kappa shape index (κ1) is 37.7. The molecule has 0 saturated heterocycles. The summed E-state index contributed by atoms with van der Waals surface area (Å²) in [4.78, 5) is 48.4. The monoisotopic (exact) mass is 719 g/mol. The first-order valence-corrected chi connectivity index (χ1v) is 14.9. The summed E-state index contributed by atoms with van der Waals surface area (Å²) in [6.07, 6.45) is -12.4. The molecule has 0 aliphatic heterocycles. The summed E-state index contributed by atoms with van der Waals surface area (Å²) in [5, 5.41) is 8.79. The van der Waals surface area contributed by atoms with E-state index >= 15 is 0 Å². The Morgan fingerprint density at radius 2 is 1.63 bits per heavy atom. The van der Waals surface area contributed by atoms with Crippen molar-refractivity contribution in [2.24, 2.45) is 10.9 Å². The van der Waals surface area contributed by atoms with Crippen LogP contribution in [0.25, 0.3) is 11.3 Å². The van der Waals surface area contributed by atoms with Crippen LogP contribution in [0.1, 0.15) is 42.3 Å². The molecule has 0 saturated carbocycles. The number of halogens is 6. The first-order valence-electron chi connectivity index (χ1n) is 14.9. The van der Waals surface area contributed by atoms with Gasteiger partial charge in [0.05, 0.1) is 17.5 Å². The van der Waals surface area contributed by atoms with E-state index in [0.717, 1.165) is 17.8 Å². The third-order valence-electron chi connectivity index (χ3n) is 6.86. The number of amides is 1. The molecule has 0 radical (unpaired) electrons. The van der Waals surface area contributed by atoms with Crippen LogP contribution in [0.4, 0.5) is 37.8 Å². The highest BCUT2D eigenvalue weighted by molar-refractivity contribution is 5.97. The topological polar surface area (TPSA) is 176 Å². The lowest BCUT2D eigenvalue weighted by Gasteiger charge is -2.24. The number of oxime groups is 1. The van der Waals surface area contributed by atoms with Crippen molar-refractivity contribution in [3.05, 3.63) is 112 Å². The number of amidine groups is 1. The van der Waals surface area contributed by atoms with E-state index in [1.165, 1.54) is 24.3 Å². The number of hydrogen-bond acceptors (Lipinski definition) is 9. The second-order valence-corrected chi connectivity index (χ2v) is 11.2. The summed E-state index contributed by atoms with van der Waals surface area (Å²) >= 11 is 0. The minimum Gasteiger partial charge on any atom is -0.425 e. The van der Waals surface area contributed by atoms with Gasteiger partial charge in [0.1, 0.15) is 6.61 Å². The first-order chi connectivity index (χ1) is 23.9. The van der Waals surface area contributed by atoms with E-state index in [1.807, 2.05) is 30.3 Å². The van der Waals surface area contributed by atoms with Gasteiger partial charge in [-0.2, -0.15) is 26.3 Å². The molecule has 1 amide bonds. The molecule has 18 heteroatoms. The number of aromatic nitrogens is 2. The van der Waals surface area contributed by atoms with Gasteiger partial charge in [-0.3, -0.25) is 14.2 Å². The Bertz CT molecular complexity index is 1950. The molecule has 12 nitrogen and oxygen atoms in total. The van der Waals surface area contributed by atoms with Crippen molar-refractivity contribution < 1.29 is 45.5 Å². The Labute approximate surface area is 286 Å². The lowest BCUT2D eigenvalue weighted by atomic mass is 10.1. The van der Waals surface area contributed by atoms with E-state index in [9.17, 15) is 40.7 Å². The van der Waals surface area contributed by atoms with Crippen molar-refractivity contribution in [3.63, 3.8) is 0 Å². The van der Waals surface area contributed by atoms with E-state index in [0.29, 0.717) is 27.8 Å². The summed E-state index contributed by atoms with van der Waals surface area (Å²) in [5.41, 5.74) is 9.24. The number of alkyl halides is 6. The van der Waals surface area contributed by atoms with Crippen molar-refractivity contribution in [2.45, 2.75) is 51.6 Å². The second-order valence-electron chi connectivity index (χ2n) is 11.2. The largest absolute Gasteiger partial charge is 0.491 e. The molecule has 0 aliphatic carbocycles. The molecule has 51 heavy (non-hydrogen) atoms. The number of nitrogens with one attached hydrogen (secondary N) is 2. The van der Waals surface area contributed by atoms with Crippen LogP contribution in [0.2, 0.25) is 0 Å². The summed E-state index contributed by atoms with van der Waals surface area (Å²) in [7, 11) is 0. The van der Waals surface area contributed by atoms with Gasteiger partial charge in [0.15, 0.2) is 11.7 Å². The zero-order chi connectivity index (χ0) is 37.5. The zero-order valence-corrected chi connectivity index (χ0v) is 26.9. The maximum absolute atomic E-state index is 13.7. The third kappa shape index (κ3) is 9.99. The highest BCUT2D eigenvalue weighted by atomic mass is 19.4. The lowest BCUT2D eigenvalue weighted by molar-refractivity contribution is -0.209. The SMILES string of the molecule is CC(C)Nc1ncc(-c2cc(N)cc(C(F)(F)F)c2)n(C(OC(=O)C(F)(F)F)C(=O)NCc2ccc(C(N)=NOCc3ccccc3)cc2)c1=O.